The number of aromatic amines is 1. The summed E-state index contributed by atoms with van der Waals surface area (Å²) in [6, 6.07) is 9.29. The van der Waals surface area contributed by atoms with Crippen molar-refractivity contribution in [3.63, 3.8) is 0 Å². The molecule has 0 saturated heterocycles. The van der Waals surface area contributed by atoms with Gasteiger partial charge in [0.15, 0.2) is 0 Å². The van der Waals surface area contributed by atoms with Crippen LogP contribution in [0, 0.1) is 18.6 Å². The molecule has 4 aromatic rings. The highest BCUT2D eigenvalue weighted by Gasteiger charge is 2.17. The summed E-state index contributed by atoms with van der Waals surface area (Å²) in [6.07, 6.45) is 0. The van der Waals surface area contributed by atoms with Crippen molar-refractivity contribution in [3.05, 3.63) is 64.1 Å². The molecule has 0 fully saturated rings. The minimum absolute atomic E-state index is 0.127. The van der Waals surface area contributed by atoms with E-state index >= 15 is 0 Å². The van der Waals surface area contributed by atoms with Gasteiger partial charge in [-0.15, -0.1) is 0 Å². The summed E-state index contributed by atoms with van der Waals surface area (Å²) in [4.78, 5) is 12.2. The SMILES string of the molecule is Cc1n[nH]c(=O)c2c3c(F)cc(F)cc3c3ccccc3c12. The fourth-order valence-corrected chi connectivity index (χ4v) is 3.09. The van der Waals surface area contributed by atoms with Gasteiger partial charge in [0.2, 0.25) is 0 Å². The third-order valence-corrected chi connectivity index (χ3v) is 3.96. The Kier molecular flexibility index (Phi) is 2.54. The molecule has 3 nitrogen and oxygen atoms in total. The highest BCUT2D eigenvalue weighted by molar-refractivity contribution is 6.25. The Morgan fingerprint density at radius 1 is 0.955 bits per heavy atom. The van der Waals surface area contributed by atoms with Gasteiger partial charge in [-0.2, -0.15) is 5.10 Å². The van der Waals surface area contributed by atoms with Gasteiger partial charge in [0.05, 0.1) is 11.1 Å². The van der Waals surface area contributed by atoms with Crippen molar-refractivity contribution < 1.29 is 8.78 Å². The zero-order valence-corrected chi connectivity index (χ0v) is 11.6. The standard InChI is InChI=1S/C17H10F2N2O/c1-8-14-11-5-3-2-4-10(11)12-6-9(18)7-13(19)15(12)16(14)17(22)21-20-8/h2-7H,1H3,(H,21,22). The van der Waals surface area contributed by atoms with E-state index in [1.165, 1.54) is 6.07 Å². The summed E-state index contributed by atoms with van der Waals surface area (Å²) in [5.41, 5.74) is 0.110. The van der Waals surface area contributed by atoms with Crippen LogP contribution in [-0.2, 0) is 0 Å². The predicted octanol–water partition coefficient (Wildman–Crippen LogP) is 3.82. The Labute approximate surface area is 123 Å². The van der Waals surface area contributed by atoms with Crippen LogP contribution >= 0.6 is 0 Å². The van der Waals surface area contributed by atoms with Gasteiger partial charge in [0.1, 0.15) is 11.6 Å². The Morgan fingerprint density at radius 3 is 2.45 bits per heavy atom. The number of nitrogens with one attached hydrogen (secondary N) is 1. The molecule has 5 heteroatoms. The van der Waals surface area contributed by atoms with E-state index in [4.69, 9.17) is 0 Å². The second-order valence-corrected chi connectivity index (χ2v) is 5.24. The lowest BCUT2D eigenvalue weighted by atomic mass is 9.94. The van der Waals surface area contributed by atoms with Crippen LogP contribution in [0.25, 0.3) is 32.3 Å². The molecular weight excluding hydrogens is 286 g/mol. The number of H-pyrrole nitrogens is 1. The highest BCUT2D eigenvalue weighted by Crippen LogP contribution is 2.35. The summed E-state index contributed by atoms with van der Waals surface area (Å²) in [5.74, 6) is -1.42. The number of hydrogen-bond donors (Lipinski definition) is 1. The van der Waals surface area contributed by atoms with Crippen molar-refractivity contribution in [2.24, 2.45) is 0 Å². The summed E-state index contributed by atoms with van der Waals surface area (Å²) >= 11 is 0. The van der Waals surface area contributed by atoms with Gasteiger partial charge < -0.3 is 0 Å². The average molecular weight is 296 g/mol. The number of fused-ring (bicyclic) bond motifs is 6. The maximum Gasteiger partial charge on any atom is 0.272 e. The van der Waals surface area contributed by atoms with Gasteiger partial charge in [0.25, 0.3) is 5.56 Å². The van der Waals surface area contributed by atoms with Crippen LogP contribution in [0.4, 0.5) is 8.78 Å². The number of halogens is 2. The summed E-state index contributed by atoms with van der Waals surface area (Å²) in [7, 11) is 0. The monoisotopic (exact) mass is 296 g/mol. The molecule has 0 atom stereocenters. The molecule has 0 aliphatic rings. The molecule has 0 spiro atoms. The topological polar surface area (TPSA) is 45.8 Å². The molecular formula is C17H10F2N2O. The van der Waals surface area contributed by atoms with Crippen molar-refractivity contribution in [1.29, 1.82) is 0 Å². The van der Waals surface area contributed by atoms with Gasteiger partial charge in [-0.25, -0.2) is 13.9 Å². The van der Waals surface area contributed by atoms with Crippen LogP contribution < -0.4 is 5.56 Å². The van der Waals surface area contributed by atoms with Crippen molar-refractivity contribution in [1.82, 2.24) is 10.2 Å². The lowest BCUT2D eigenvalue weighted by Crippen LogP contribution is -2.11. The quantitative estimate of drug-likeness (QED) is 0.501. The van der Waals surface area contributed by atoms with E-state index in [0.717, 1.165) is 11.5 Å². The van der Waals surface area contributed by atoms with Crippen molar-refractivity contribution in [2.75, 3.05) is 0 Å². The number of nitrogens with zero attached hydrogens (tertiary/aromatic N) is 1. The molecule has 0 saturated carbocycles. The van der Waals surface area contributed by atoms with Crippen molar-refractivity contribution in [3.8, 4) is 0 Å². The molecule has 108 valence electrons. The molecule has 1 aromatic heterocycles. The molecule has 4 rings (SSSR count). The minimum atomic E-state index is -0.748. The molecule has 22 heavy (non-hydrogen) atoms. The molecule has 0 radical (unpaired) electrons. The molecule has 1 heterocycles. The minimum Gasteiger partial charge on any atom is -0.267 e. The van der Waals surface area contributed by atoms with Crippen LogP contribution in [0.3, 0.4) is 0 Å². The highest BCUT2D eigenvalue weighted by atomic mass is 19.1. The van der Waals surface area contributed by atoms with Crippen LogP contribution in [0.5, 0.6) is 0 Å². The summed E-state index contributed by atoms with van der Waals surface area (Å²) < 4.78 is 28.1. The first-order valence-corrected chi connectivity index (χ1v) is 6.76. The molecule has 0 bridgehead atoms. The summed E-state index contributed by atoms with van der Waals surface area (Å²) in [6.45, 7) is 1.75. The smallest absolute Gasteiger partial charge is 0.267 e. The normalized spacial score (nSPS) is 11.6. The van der Waals surface area contributed by atoms with E-state index < -0.39 is 17.2 Å². The van der Waals surface area contributed by atoms with E-state index in [-0.39, 0.29) is 10.8 Å². The third kappa shape index (κ3) is 1.59. The van der Waals surface area contributed by atoms with E-state index in [1.807, 2.05) is 12.1 Å². The Bertz CT molecular complexity index is 1130. The van der Waals surface area contributed by atoms with E-state index in [9.17, 15) is 13.6 Å². The largest absolute Gasteiger partial charge is 0.272 e. The lowest BCUT2D eigenvalue weighted by molar-refractivity contribution is 0.592. The molecule has 3 aromatic carbocycles. The zero-order valence-electron chi connectivity index (χ0n) is 11.6. The molecule has 0 aliphatic carbocycles. The van der Waals surface area contributed by atoms with E-state index in [1.54, 1.807) is 19.1 Å². The predicted molar refractivity (Wildman–Crippen MR) is 82.0 cm³/mol. The number of benzene rings is 3. The molecule has 0 amide bonds. The number of hydrogen-bond acceptors (Lipinski definition) is 2. The van der Waals surface area contributed by atoms with Crippen molar-refractivity contribution in [2.45, 2.75) is 6.92 Å². The van der Waals surface area contributed by atoms with Crippen LogP contribution in [0.15, 0.2) is 41.2 Å². The maximum atomic E-state index is 14.4. The Morgan fingerprint density at radius 2 is 1.68 bits per heavy atom. The fourth-order valence-electron chi connectivity index (χ4n) is 3.09. The number of rotatable bonds is 0. The number of aromatic nitrogens is 2. The maximum absolute atomic E-state index is 14.4. The Balaban J connectivity index is 2.53. The Hall–Kier alpha value is -2.82. The van der Waals surface area contributed by atoms with Crippen LogP contribution in [0.2, 0.25) is 0 Å². The summed E-state index contributed by atoms with van der Waals surface area (Å²) in [5, 5.41) is 9.12. The molecule has 0 unspecified atom stereocenters. The number of aryl methyl sites for hydroxylation is 1. The molecule has 1 N–H and O–H groups in total. The van der Waals surface area contributed by atoms with Gasteiger partial charge in [-0.3, -0.25) is 4.79 Å². The third-order valence-electron chi connectivity index (χ3n) is 3.96. The first-order valence-electron chi connectivity index (χ1n) is 6.76. The van der Waals surface area contributed by atoms with Gasteiger partial charge in [-0.1, -0.05) is 24.3 Å². The van der Waals surface area contributed by atoms with Gasteiger partial charge >= 0.3 is 0 Å². The first kappa shape index (κ1) is 12.9. The zero-order chi connectivity index (χ0) is 15.4. The van der Waals surface area contributed by atoms with Crippen LogP contribution in [-0.4, -0.2) is 10.2 Å². The van der Waals surface area contributed by atoms with Gasteiger partial charge in [0, 0.05) is 16.8 Å². The van der Waals surface area contributed by atoms with E-state index in [0.29, 0.717) is 21.9 Å². The fraction of sp³-hybridized carbons (Fsp3) is 0.0588. The van der Waals surface area contributed by atoms with Crippen LogP contribution in [0.1, 0.15) is 5.69 Å². The second kappa shape index (κ2) is 4.34. The molecule has 0 aliphatic heterocycles. The van der Waals surface area contributed by atoms with E-state index in [2.05, 4.69) is 10.2 Å². The average Bonchev–Trinajstić information content (AvgIpc) is 2.50. The van der Waals surface area contributed by atoms with Crippen molar-refractivity contribution >= 4 is 32.3 Å². The first-order chi connectivity index (χ1) is 10.6. The lowest BCUT2D eigenvalue weighted by Gasteiger charge is -2.11. The van der Waals surface area contributed by atoms with Gasteiger partial charge in [-0.05, 0) is 29.1 Å². The second-order valence-electron chi connectivity index (χ2n) is 5.24.